The number of aryl methyl sites for hydroxylation is 1. The molecule has 1 N–H and O–H groups in total. The molecule has 2 rings (SSSR count). The van der Waals surface area contributed by atoms with Crippen LogP contribution in [-0.2, 0) is 17.6 Å². The van der Waals surface area contributed by atoms with Crippen LogP contribution in [0.3, 0.4) is 0 Å². The van der Waals surface area contributed by atoms with E-state index in [4.69, 9.17) is 21.4 Å². The maximum Gasteiger partial charge on any atom is 0.341 e. The highest BCUT2D eigenvalue weighted by Crippen LogP contribution is 2.30. The van der Waals surface area contributed by atoms with E-state index in [-0.39, 0.29) is 6.61 Å². The fraction of sp³-hybridized carbons (Fsp3) is 0.400. The van der Waals surface area contributed by atoms with Gasteiger partial charge in [-0.3, -0.25) is 0 Å². The van der Waals surface area contributed by atoms with Crippen molar-refractivity contribution in [3.63, 3.8) is 0 Å². The van der Waals surface area contributed by atoms with Gasteiger partial charge in [0.25, 0.3) is 0 Å². The molecule has 80 valence electrons. The number of halogens is 1. The summed E-state index contributed by atoms with van der Waals surface area (Å²) in [6.07, 6.45) is 2.88. The van der Waals surface area contributed by atoms with Gasteiger partial charge in [-0.1, -0.05) is 11.6 Å². The lowest BCUT2D eigenvalue weighted by atomic mass is 10.2. The Morgan fingerprint density at radius 2 is 2.40 bits per heavy atom. The molecule has 0 saturated carbocycles. The van der Waals surface area contributed by atoms with E-state index in [0.29, 0.717) is 10.9 Å². The average Bonchev–Trinajstić information content (AvgIpc) is 2.63. The van der Waals surface area contributed by atoms with Gasteiger partial charge in [-0.25, -0.2) is 9.78 Å². The van der Waals surface area contributed by atoms with Crippen LogP contribution >= 0.6 is 11.6 Å². The van der Waals surface area contributed by atoms with Crippen LogP contribution in [-0.4, -0.2) is 22.7 Å². The first-order valence-corrected chi connectivity index (χ1v) is 5.07. The second-order valence-corrected chi connectivity index (χ2v) is 3.81. The summed E-state index contributed by atoms with van der Waals surface area (Å²) in [6, 6.07) is 1.58. The first kappa shape index (κ1) is 10.2. The highest BCUT2D eigenvalue weighted by molar-refractivity contribution is 6.31. The summed E-state index contributed by atoms with van der Waals surface area (Å²) in [5.74, 6) is -0.725. The summed E-state index contributed by atoms with van der Waals surface area (Å²) < 4.78 is 4.98. The third-order valence-corrected chi connectivity index (χ3v) is 2.65. The van der Waals surface area contributed by atoms with Gasteiger partial charge >= 0.3 is 5.97 Å². The Morgan fingerprint density at radius 3 is 3.13 bits per heavy atom. The molecule has 5 heteroatoms. The van der Waals surface area contributed by atoms with Crippen LogP contribution in [0.25, 0.3) is 0 Å². The molecule has 0 fully saturated rings. The Bertz CT molecular complexity index is 406. The molecular formula is C10H10ClNO3. The third-order valence-electron chi connectivity index (χ3n) is 2.32. The summed E-state index contributed by atoms with van der Waals surface area (Å²) in [7, 11) is 0. The zero-order valence-corrected chi connectivity index (χ0v) is 8.75. The predicted molar refractivity (Wildman–Crippen MR) is 54.4 cm³/mol. The Labute approximate surface area is 91.8 Å². The molecule has 0 bridgehead atoms. The minimum absolute atomic E-state index is 0.294. The summed E-state index contributed by atoms with van der Waals surface area (Å²) in [6.45, 7) is -0.387. The summed E-state index contributed by atoms with van der Waals surface area (Å²) in [5.41, 5.74) is 2.00. The Hall–Kier alpha value is -1.29. The number of aliphatic carboxylic acids is 1. The van der Waals surface area contributed by atoms with Crippen molar-refractivity contribution >= 4 is 17.6 Å². The van der Waals surface area contributed by atoms with Crippen LogP contribution in [0.5, 0.6) is 5.88 Å². The molecule has 1 aromatic rings. The van der Waals surface area contributed by atoms with Gasteiger partial charge in [-0.05, 0) is 24.8 Å². The first-order chi connectivity index (χ1) is 7.16. The zero-order chi connectivity index (χ0) is 10.8. The van der Waals surface area contributed by atoms with Crippen molar-refractivity contribution in [3.05, 3.63) is 22.3 Å². The number of carboxylic acid groups (broad SMARTS) is 1. The SMILES string of the molecule is O=C(O)COc1cc(Cl)c2c(n1)CCC2. The molecule has 1 aliphatic rings. The lowest BCUT2D eigenvalue weighted by Gasteiger charge is -2.06. The molecule has 0 spiro atoms. The quantitative estimate of drug-likeness (QED) is 0.854. The highest BCUT2D eigenvalue weighted by atomic mass is 35.5. The van der Waals surface area contributed by atoms with Gasteiger partial charge in [0.15, 0.2) is 6.61 Å². The van der Waals surface area contributed by atoms with Gasteiger partial charge < -0.3 is 9.84 Å². The van der Waals surface area contributed by atoms with Gasteiger partial charge in [0, 0.05) is 11.8 Å². The van der Waals surface area contributed by atoms with Crippen LogP contribution in [0.15, 0.2) is 6.07 Å². The van der Waals surface area contributed by atoms with Crippen LogP contribution in [0.1, 0.15) is 17.7 Å². The Morgan fingerprint density at radius 1 is 1.60 bits per heavy atom. The molecule has 1 aliphatic carbocycles. The monoisotopic (exact) mass is 227 g/mol. The topological polar surface area (TPSA) is 59.4 Å². The van der Waals surface area contributed by atoms with E-state index in [1.807, 2.05) is 0 Å². The number of hydrogen-bond acceptors (Lipinski definition) is 3. The van der Waals surface area contributed by atoms with Gasteiger partial charge in [-0.15, -0.1) is 0 Å². The molecule has 0 atom stereocenters. The lowest BCUT2D eigenvalue weighted by molar-refractivity contribution is -0.139. The molecule has 1 aromatic heterocycles. The maximum atomic E-state index is 10.3. The summed E-state index contributed by atoms with van der Waals surface area (Å²) >= 11 is 6.02. The maximum absolute atomic E-state index is 10.3. The molecule has 0 aromatic carbocycles. The van der Waals surface area contributed by atoms with E-state index in [9.17, 15) is 4.79 Å². The van der Waals surface area contributed by atoms with E-state index in [1.165, 1.54) is 0 Å². The number of fused-ring (bicyclic) bond motifs is 1. The van der Waals surface area contributed by atoms with Gasteiger partial charge in [0.05, 0.1) is 5.02 Å². The normalized spacial score (nSPS) is 13.7. The van der Waals surface area contributed by atoms with Crippen molar-refractivity contribution in [3.8, 4) is 5.88 Å². The molecule has 0 amide bonds. The second kappa shape index (κ2) is 4.06. The Balaban J connectivity index is 2.20. The largest absolute Gasteiger partial charge is 0.479 e. The van der Waals surface area contributed by atoms with Crippen LogP contribution in [0.4, 0.5) is 0 Å². The predicted octanol–water partition coefficient (Wildman–Crippen LogP) is 1.69. The average molecular weight is 228 g/mol. The number of aromatic nitrogens is 1. The van der Waals surface area contributed by atoms with Gasteiger partial charge in [0.2, 0.25) is 5.88 Å². The fourth-order valence-electron chi connectivity index (χ4n) is 1.68. The lowest BCUT2D eigenvalue weighted by Crippen LogP contribution is -2.10. The van der Waals surface area contributed by atoms with Crippen LogP contribution < -0.4 is 4.74 Å². The van der Waals surface area contributed by atoms with Crippen molar-refractivity contribution in [2.45, 2.75) is 19.3 Å². The van der Waals surface area contributed by atoms with E-state index in [0.717, 1.165) is 30.5 Å². The fourth-order valence-corrected chi connectivity index (χ4v) is 1.98. The number of carboxylic acids is 1. The number of hydrogen-bond donors (Lipinski definition) is 1. The first-order valence-electron chi connectivity index (χ1n) is 4.69. The Kier molecular flexibility index (Phi) is 2.77. The van der Waals surface area contributed by atoms with Crippen LogP contribution in [0.2, 0.25) is 5.02 Å². The minimum Gasteiger partial charge on any atom is -0.479 e. The van der Waals surface area contributed by atoms with E-state index >= 15 is 0 Å². The number of carbonyl (C=O) groups is 1. The number of ether oxygens (including phenoxy) is 1. The van der Waals surface area contributed by atoms with Crippen molar-refractivity contribution in [1.29, 1.82) is 0 Å². The molecule has 1 heterocycles. The highest BCUT2D eigenvalue weighted by Gasteiger charge is 2.17. The molecule has 0 unspecified atom stereocenters. The van der Waals surface area contributed by atoms with Crippen molar-refractivity contribution in [2.75, 3.05) is 6.61 Å². The van der Waals surface area contributed by atoms with Gasteiger partial charge in [0.1, 0.15) is 0 Å². The smallest absolute Gasteiger partial charge is 0.341 e. The van der Waals surface area contributed by atoms with Crippen molar-refractivity contribution in [1.82, 2.24) is 4.98 Å². The number of rotatable bonds is 3. The van der Waals surface area contributed by atoms with Crippen molar-refractivity contribution < 1.29 is 14.6 Å². The molecule has 15 heavy (non-hydrogen) atoms. The van der Waals surface area contributed by atoms with E-state index in [2.05, 4.69) is 4.98 Å². The number of nitrogens with zero attached hydrogens (tertiary/aromatic N) is 1. The molecule has 0 saturated heterocycles. The van der Waals surface area contributed by atoms with E-state index < -0.39 is 5.97 Å². The summed E-state index contributed by atoms with van der Waals surface area (Å²) in [5, 5.41) is 9.07. The van der Waals surface area contributed by atoms with Crippen molar-refractivity contribution in [2.24, 2.45) is 0 Å². The summed E-state index contributed by atoms with van der Waals surface area (Å²) in [4.78, 5) is 14.5. The van der Waals surface area contributed by atoms with Crippen LogP contribution in [0, 0.1) is 0 Å². The second-order valence-electron chi connectivity index (χ2n) is 3.40. The number of pyridine rings is 1. The molecule has 0 aliphatic heterocycles. The molecule has 0 radical (unpaired) electrons. The van der Waals surface area contributed by atoms with E-state index in [1.54, 1.807) is 6.07 Å². The molecule has 4 nitrogen and oxygen atoms in total. The third kappa shape index (κ3) is 2.21. The molecular weight excluding hydrogens is 218 g/mol. The zero-order valence-electron chi connectivity index (χ0n) is 7.99. The standard InChI is InChI=1S/C10H10ClNO3/c11-7-4-9(15-5-10(13)14)12-8-3-1-2-6(7)8/h4H,1-3,5H2,(H,13,14). The van der Waals surface area contributed by atoms with Gasteiger partial charge in [-0.2, -0.15) is 0 Å². The minimum atomic E-state index is -1.02.